The molecule has 2 unspecified atom stereocenters. The largest absolute Gasteiger partial charge is 0.497 e. The van der Waals surface area contributed by atoms with E-state index < -0.39 is 56.6 Å². The van der Waals surface area contributed by atoms with Gasteiger partial charge >= 0.3 is 21.3 Å². The summed E-state index contributed by atoms with van der Waals surface area (Å²) in [7, 11) is -4.96. The molecule has 1 aliphatic heterocycles. The number of ether oxygens (including phenoxy) is 4. The Labute approximate surface area is 285 Å². The van der Waals surface area contributed by atoms with E-state index in [-0.39, 0.29) is 5.57 Å². The quantitative estimate of drug-likeness (QED) is 0.0733. The lowest BCUT2D eigenvalue weighted by atomic mass is 9.93. The fourth-order valence-corrected chi connectivity index (χ4v) is 11.2. The molecule has 5 rings (SSSR count). The Bertz CT molecular complexity index is 1950. The minimum absolute atomic E-state index is 0.0227. The second kappa shape index (κ2) is 14.0. The number of esters is 1. The van der Waals surface area contributed by atoms with Crippen molar-refractivity contribution in [2.24, 2.45) is 0 Å². The van der Waals surface area contributed by atoms with Crippen LogP contribution in [0.4, 0.5) is 13.2 Å². The van der Waals surface area contributed by atoms with Crippen molar-refractivity contribution in [1.29, 1.82) is 0 Å². The summed E-state index contributed by atoms with van der Waals surface area (Å²) in [5.74, 6) is -1.74. The number of fused-ring (bicyclic) bond motifs is 3. The minimum atomic E-state index is -5.99. The number of hydrogen-bond acceptors (Lipinski definition) is 8. The number of halogens is 3. The third-order valence-electron chi connectivity index (χ3n) is 8.12. The zero-order valence-corrected chi connectivity index (χ0v) is 28.8. The Morgan fingerprint density at radius 3 is 2.04 bits per heavy atom. The van der Waals surface area contributed by atoms with Crippen LogP contribution in [-0.4, -0.2) is 53.7 Å². The summed E-state index contributed by atoms with van der Waals surface area (Å²) in [6.45, 7) is 3.91. The van der Waals surface area contributed by atoms with Crippen LogP contribution in [0, 0.1) is 0 Å². The Kier molecular flexibility index (Phi) is 10.3. The van der Waals surface area contributed by atoms with Gasteiger partial charge in [-0.15, -0.1) is 0 Å². The van der Waals surface area contributed by atoms with E-state index in [1.807, 2.05) is 0 Å². The van der Waals surface area contributed by atoms with Gasteiger partial charge in [-0.1, -0.05) is 49.0 Å². The molecule has 0 aliphatic carbocycles. The highest BCUT2D eigenvalue weighted by Crippen LogP contribution is 2.77. The number of alkyl halides is 3. The molecular weight excluding hydrogens is 682 g/mol. The number of methoxy groups -OCH3 is 3. The molecule has 0 saturated carbocycles. The van der Waals surface area contributed by atoms with Crippen LogP contribution in [0.25, 0.3) is 11.1 Å². The van der Waals surface area contributed by atoms with Crippen molar-refractivity contribution in [3.8, 4) is 16.9 Å². The highest BCUT2D eigenvalue weighted by molar-refractivity contribution is 8.33. The summed E-state index contributed by atoms with van der Waals surface area (Å²) >= 11 is 0. The SMILES string of the molecule is C=C(C)C(=O)OCCC(F)C(F)(F)S(=O)(=O)OS1(c2ccccc2)c2ccccc2-c2cc(C(OC)(OC)c3ccc(OC)cc3)ccc21. The highest BCUT2D eigenvalue weighted by atomic mass is 32.3. The van der Waals surface area contributed by atoms with E-state index in [1.54, 1.807) is 104 Å². The summed E-state index contributed by atoms with van der Waals surface area (Å²) in [5, 5.41) is -5.01. The second-order valence-electron chi connectivity index (χ2n) is 11.1. The number of hydrogen-bond donors (Lipinski definition) is 0. The summed E-state index contributed by atoms with van der Waals surface area (Å²) in [5.41, 5.74) is 2.12. The molecule has 1 heterocycles. The van der Waals surface area contributed by atoms with Gasteiger partial charge in [0.1, 0.15) is 5.75 Å². The fraction of sp³-hybridized carbons (Fsp3) is 0.250. The van der Waals surface area contributed by atoms with Crippen LogP contribution in [0.2, 0.25) is 0 Å². The molecule has 0 amide bonds. The molecule has 8 nitrogen and oxygen atoms in total. The first-order chi connectivity index (χ1) is 23.3. The minimum Gasteiger partial charge on any atom is -0.497 e. The lowest BCUT2D eigenvalue weighted by Gasteiger charge is -2.38. The van der Waals surface area contributed by atoms with Crippen LogP contribution in [0.15, 0.2) is 124 Å². The van der Waals surface area contributed by atoms with E-state index in [1.165, 1.54) is 21.1 Å². The van der Waals surface area contributed by atoms with Gasteiger partial charge in [0, 0.05) is 52.0 Å². The lowest BCUT2D eigenvalue weighted by molar-refractivity contribution is -0.183. The molecule has 49 heavy (non-hydrogen) atoms. The Hall–Kier alpha value is -4.14. The van der Waals surface area contributed by atoms with Crippen molar-refractivity contribution in [3.05, 3.63) is 120 Å². The number of carbonyl (C=O) groups is 1. The molecule has 260 valence electrons. The number of carbonyl (C=O) groups excluding carboxylic acids is 1. The van der Waals surface area contributed by atoms with Gasteiger partial charge in [0.05, 0.1) is 13.7 Å². The van der Waals surface area contributed by atoms with Gasteiger partial charge < -0.3 is 18.9 Å². The van der Waals surface area contributed by atoms with Gasteiger partial charge in [-0.2, -0.15) is 17.2 Å². The molecule has 0 radical (unpaired) electrons. The molecule has 0 aromatic heterocycles. The van der Waals surface area contributed by atoms with E-state index in [9.17, 15) is 13.2 Å². The molecule has 0 spiro atoms. The summed E-state index contributed by atoms with van der Waals surface area (Å²) in [6.07, 6.45) is -4.35. The third-order valence-corrected chi connectivity index (χ3v) is 13.5. The predicted octanol–water partition coefficient (Wildman–Crippen LogP) is 8.15. The molecule has 0 fully saturated rings. The van der Waals surface area contributed by atoms with Crippen molar-refractivity contribution in [3.63, 3.8) is 0 Å². The third kappa shape index (κ3) is 6.25. The predicted molar refractivity (Wildman–Crippen MR) is 179 cm³/mol. The van der Waals surface area contributed by atoms with E-state index in [4.69, 9.17) is 22.6 Å². The highest BCUT2D eigenvalue weighted by Gasteiger charge is 2.58. The Balaban J connectivity index is 1.65. The fourth-order valence-electron chi connectivity index (χ4n) is 5.65. The van der Waals surface area contributed by atoms with Gasteiger partial charge in [-0.3, -0.25) is 0 Å². The van der Waals surface area contributed by atoms with Crippen LogP contribution < -0.4 is 4.74 Å². The van der Waals surface area contributed by atoms with E-state index in [2.05, 4.69) is 6.58 Å². The second-order valence-corrected chi connectivity index (χ2v) is 15.5. The van der Waals surface area contributed by atoms with E-state index >= 15 is 13.2 Å². The summed E-state index contributed by atoms with van der Waals surface area (Å²) in [4.78, 5) is 12.6. The molecule has 0 bridgehead atoms. The standard InChI is InChI=1S/C36H35F3O8S2/c1-24(2)34(40)46-22-21-33(37)36(38,39)49(41,42)47-48(28-11-7-6-8-12-28)31-14-10-9-13-29(31)30-23-26(17-20-32(30)48)35(44-4,45-5)25-15-18-27(43-3)19-16-25/h6-20,23,33H,1,21-22H2,2-5H3. The van der Waals surface area contributed by atoms with Crippen LogP contribution in [0.3, 0.4) is 0 Å². The molecule has 4 aromatic carbocycles. The van der Waals surface area contributed by atoms with Gasteiger partial charge in [-0.25, -0.2) is 12.8 Å². The average molecular weight is 717 g/mol. The van der Waals surface area contributed by atoms with Crippen LogP contribution >= 0.6 is 10.3 Å². The zero-order valence-electron chi connectivity index (χ0n) is 27.2. The molecule has 0 saturated heterocycles. The van der Waals surface area contributed by atoms with E-state index in [0.29, 0.717) is 42.7 Å². The number of rotatable bonds is 14. The van der Waals surface area contributed by atoms with Gasteiger partial charge in [0.25, 0.3) is 0 Å². The molecule has 13 heteroatoms. The van der Waals surface area contributed by atoms with Crippen molar-refractivity contribution < 1.29 is 49.0 Å². The van der Waals surface area contributed by atoms with Gasteiger partial charge in [0.15, 0.2) is 6.17 Å². The molecular formula is C36H35F3O8S2. The maximum absolute atomic E-state index is 15.6. The summed E-state index contributed by atoms with van der Waals surface area (Å²) in [6, 6.07) is 26.9. The first-order valence-corrected chi connectivity index (χ1v) is 17.9. The smallest absolute Gasteiger partial charge is 0.401 e. The zero-order chi connectivity index (χ0) is 35.6. The van der Waals surface area contributed by atoms with Crippen molar-refractivity contribution in [2.75, 3.05) is 27.9 Å². The Morgan fingerprint density at radius 1 is 0.837 bits per heavy atom. The van der Waals surface area contributed by atoms with Gasteiger partial charge in [0.2, 0.25) is 5.79 Å². The first kappa shape index (κ1) is 36.1. The van der Waals surface area contributed by atoms with Crippen LogP contribution in [0.5, 0.6) is 5.75 Å². The van der Waals surface area contributed by atoms with Gasteiger partial charge in [-0.05, 0) is 83.0 Å². The van der Waals surface area contributed by atoms with Crippen molar-refractivity contribution in [2.45, 2.75) is 45.2 Å². The number of benzene rings is 4. The van der Waals surface area contributed by atoms with Crippen LogP contribution in [0.1, 0.15) is 24.5 Å². The topological polar surface area (TPSA) is 97.4 Å². The maximum Gasteiger partial charge on any atom is 0.401 e. The normalized spacial score (nSPS) is 17.7. The Morgan fingerprint density at radius 2 is 1.43 bits per heavy atom. The molecule has 2 atom stereocenters. The molecule has 1 aliphatic rings. The molecule has 4 aromatic rings. The van der Waals surface area contributed by atoms with Crippen molar-refractivity contribution >= 4 is 26.4 Å². The van der Waals surface area contributed by atoms with Crippen LogP contribution in [-0.2, 0) is 38.5 Å². The summed E-state index contributed by atoms with van der Waals surface area (Å²) < 4.78 is 101. The average Bonchev–Trinajstić information content (AvgIpc) is 3.38. The van der Waals surface area contributed by atoms with E-state index in [0.717, 1.165) is 0 Å². The van der Waals surface area contributed by atoms with Crippen molar-refractivity contribution in [1.82, 2.24) is 0 Å². The molecule has 0 N–H and O–H groups in total. The first-order valence-electron chi connectivity index (χ1n) is 15.0. The maximum atomic E-state index is 15.6. The lowest BCUT2D eigenvalue weighted by Crippen LogP contribution is -2.41. The monoisotopic (exact) mass is 716 g/mol.